The second-order valence-corrected chi connectivity index (χ2v) is 3.25. The van der Waals surface area contributed by atoms with E-state index in [1.165, 1.54) is 0 Å². The monoisotopic (exact) mass is 201 g/mol. The summed E-state index contributed by atoms with van der Waals surface area (Å²) in [4.78, 5) is 22.0. The van der Waals surface area contributed by atoms with Crippen LogP contribution in [0.1, 0.15) is 25.7 Å². The number of carbonyl (C=O) groups excluding carboxylic acids is 2. The van der Waals surface area contributed by atoms with Crippen molar-refractivity contribution in [1.82, 2.24) is 4.90 Å². The first-order valence-corrected chi connectivity index (χ1v) is 4.60. The van der Waals surface area contributed by atoms with Crippen LogP contribution in [0.25, 0.3) is 0 Å². The number of nitrogens with zero attached hydrogens (tertiary/aromatic N) is 1. The minimum absolute atomic E-state index is 0.0465. The fourth-order valence-corrected chi connectivity index (χ4v) is 1.10. The molecule has 5 heteroatoms. The van der Waals surface area contributed by atoms with E-state index in [1.54, 1.807) is 0 Å². The second-order valence-electron chi connectivity index (χ2n) is 3.25. The maximum atomic E-state index is 10.1. The van der Waals surface area contributed by atoms with Crippen LogP contribution in [0.3, 0.4) is 0 Å². The molecule has 0 aliphatic heterocycles. The first-order chi connectivity index (χ1) is 6.52. The summed E-state index contributed by atoms with van der Waals surface area (Å²) in [7, 11) is 1.82. The maximum Gasteiger partial charge on any atom is 0.0414 e. The van der Waals surface area contributed by atoms with Crippen LogP contribution in [0.15, 0.2) is 0 Å². The van der Waals surface area contributed by atoms with E-state index >= 15 is 0 Å². The van der Waals surface area contributed by atoms with Crippen LogP contribution in [-0.2, 0) is 9.59 Å². The first-order valence-electron chi connectivity index (χ1n) is 4.60. The topological polar surface area (TPSA) is 83.5 Å². The zero-order valence-corrected chi connectivity index (χ0v) is 8.32. The molecule has 0 radical (unpaired) electrons. The standard InChI is InChI=1S/C9H17NO4/c1-10(6-2-4-8(11)12)7-3-5-9(13)14/h2-7H2,1H3,(H,11,12)(H,13,14)/p-2. The summed E-state index contributed by atoms with van der Waals surface area (Å²) in [5, 5.41) is 20.1. The Morgan fingerprint density at radius 1 is 1.00 bits per heavy atom. The van der Waals surface area contributed by atoms with Gasteiger partial charge < -0.3 is 24.7 Å². The zero-order chi connectivity index (χ0) is 11.0. The zero-order valence-electron chi connectivity index (χ0n) is 8.32. The summed E-state index contributed by atoms with van der Waals surface area (Å²) in [6, 6.07) is 0. The lowest BCUT2D eigenvalue weighted by Crippen LogP contribution is -2.27. The van der Waals surface area contributed by atoms with Crippen LogP contribution in [0.4, 0.5) is 0 Å². The molecule has 0 unspecified atom stereocenters. The minimum atomic E-state index is -1.05. The van der Waals surface area contributed by atoms with Gasteiger partial charge in [0.1, 0.15) is 0 Å². The fourth-order valence-electron chi connectivity index (χ4n) is 1.10. The Hall–Kier alpha value is -1.10. The van der Waals surface area contributed by atoms with E-state index in [2.05, 4.69) is 0 Å². The number of hydrogen-bond donors (Lipinski definition) is 0. The van der Waals surface area contributed by atoms with E-state index in [-0.39, 0.29) is 12.8 Å². The summed E-state index contributed by atoms with van der Waals surface area (Å²) >= 11 is 0. The van der Waals surface area contributed by atoms with Crippen molar-refractivity contribution in [3.63, 3.8) is 0 Å². The van der Waals surface area contributed by atoms with Crippen LogP contribution in [0, 0.1) is 0 Å². The molecule has 0 aliphatic carbocycles. The normalized spacial score (nSPS) is 10.4. The van der Waals surface area contributed by atoms with Crippen molar-refractivity contribution >= 4 is 11.9 Å². The number of rotatable bonds is 8. The summed E-state index contributed by atoms with van der Waals surface area (Å²) < 4.78 is 0. The highest BCUT2D eigenvalue weighted by Gasteiger charge is 1.98. The van der Waals surface area contributed by atoms with E-state index in [0.29, 0.717) is 25.9 Å². The molecule has 0 amide bonds. The molecule has 0 spiro atoms. The van der Waals surface area contributed by atoms with Gasteiger partial charge in [0.2, 0.25) is 0 Å². The molecule has 0 aromatic rings. The number of carboxylic acids is 2. The molecule has 0 aromatic heterocycles. The molecular weight excluding hydrogens is 186 g/mol. The molecule has 0 heterocycles. The second kappa shape index (κ2) is 7.32. The van der Waals surface area contributed by atoms with Gasteiger partial charge in [0.05, 0.1) is 0 Å². The van der Waals surface area contributed by atoms with E-state index in [1.807, 2.05) is 11.9 Å². The van der Waals surface area contributed by atoms with Crippen molar-refractivity contribution < 1.29 is 19.8 Å². The quantitative estimate of drug-likeness (QED) is 0.452. The average molecular weight is 201 g/mol. The van der Waals surface area contributed by atoms with Gasteiger partial charge in [-0.15, -0.1) is 0 Å². The van der Waals surface area contributed by atoms with E-state index in [4.69, 9.17) is 0 Å². The molecule has 0 aromatic carbocycles. The molecule has 0 aliphatic rings. The molecule has 0 fully saturated rings. The summed E-state index contributed by atoms with van der Waals surface area (Å²) in [6.45, 7) is 1.28. The Morgan fingerprint density at radius 3 is 1.64 bits per heavy atom. The predicted octanol–water partition coefficient (Wildman–Crippen LogP) is -2.02. The first kappa shape index (κ1) is 12.9. The van der Waals surface area contributed by atoms with Crippen molar-refractivity contribution in [1.29, 1.82) is 0 Å². The van der Waals surface area contributed by atoms with Gasteiger partial charge in [0, 0.05) is 11.9 Å². The molecule has 5 nitrogen and oxygen atoms in total. The molecule has 0 atom stereocenters. The Kier molecular flexibility index (Phi) is 6.74. The SMILES string of the molecule is CN(CCCC(=O)[O-])CCCC(=O)[O-]. The molecular formula is C9H15NO4-2. The number of carboxylic acid groups (broad SMARTS) is 2. The highest BCUT2D eigenvalue weighted by Crippen LogP contribution is 1.95. The van der Waals surface area contributed by atoms with Gasteiger partial charge in [-0.2, -0.15) is 0 Å². The van der Waals surface area contributed by atoms with E-state index in [0.717, 1.165) is 0 Å². The minimum Gasteiger partial charge on any atom is -0.550 e. The smallest absolute Gasteiger partial charge is 0.0414 e. The van der Waals surface area contributed by atoms with Crippen molar-refractivity contribution in [2.24, 2.45) is 0 Å². The Morgan fingerprint density at radius 2 is 1.36 bits per heavy atom. The average Bonchev–Trinajstić information content (AvgIpc) is 2.02. The van der Waals surface area contributed by atoms with Gasteiger partial charge >= 0.3 is 0 Å². The molecule has 0 N–H and O–H groups in total. The lowest BCUT2D eigenvalue weighted by Gasteiger charge is -2.16. The largest absolute Gasteiger partial charge is 0.550 e. The Balaban J connectivity index is 3.32. The van der Waals surface area contributed by atoms with Crippen LogP contribution in [-0.4, -0.2) is 37.0 Å². The summed E-state index contributed by atoms with van der Waals surface area (Å²) in [6.07, 6.45) is 1.16. The fraction of sp³-hybridized carbons (Fsp3) is 0.778. The number of hydrogen-bond acceptors (Lipinski definition) is 5. The highest BCUT2D eigenvalue weighted by atomic mass is 16.4. The third-order valence-electron chi connectivity index (χ3n) is 1.84. The lowest BCUT2D eigenvalue weighted by atomic mass is 10.2. The van der Waals surface area contributed by atoms with Crippen molar-refractivity contribution in [3.8, 4) is 0 Å². The van der Waals surface area contributed by atoms with Gasteiger partial charge in [-0.1, -0.05) is 0 Å². The Bertz CT molecular complexity index is 173. The van der Waals surface area contributed by atoms with Gasteiger partial charge in [0.15, 0.2) is 0 Å². The third-order valence-corrected chi connectivity index (χ3v) is 1.84. The molecule has 82 valence electrons. The van der Waals surface area contributed by atoms with Crippen LogP contribution in [0.5, 0.6) is 0 Å². The molecule has 0 saturated carbocycles. The summed E-state index contributed by atoms with van der Waals surface area (Å²) in [5.41, 5.74) is 0. The number of aliphatic carboxylic acids is 2. The lowest BCUT2D eigenvalue weighted by molar-refractivity contribution is -0.307. The van der Waals surface area contributed by atoms with Gasteiger partial charge in [-0.05, 0) is 45.8 Å². The molecule has 14 heavy (non-hydrogen) atoms. The van der Waals surface area contributed by atoms with E-state index in [9.17, 15) is 19.8 Å². The van der Waals surface area contributed by atoms with Gasteiger partial charge in [-0.3, -0.25) is 0 Å². The van der Waals surface area contributed by atoms with Crippen LogP contribution < -0.4 is 10.2 Å². The van der Waals surface area contributed by atoms with Crippen molar-refractivity contribution in [2.45, 2.75) is 25.7 Å². The molecule has 0 bridgehead atoms. The third kappa shape index (κ3) is 8.99. The summed E-state index contributed by atoms with van der Waals surface area (Å²) in [5.74, 6) is -2.10. The Labute approximate surface area is 83.3 Å². The van der Waals surface area contributed by atoms with E-state index < -0.39 is 11.9 Å². The number of carbonyl (C=O) groups is 2. The van der Waals surface area contributed by atoms with Crippen molar-refractivity contribution in [3.05, 3.63) is 0 Å². The van der Waals surface area contributed by atoms with Gasteiger partial charge in [0.25, 0.3) is 0 Å². The van der Waals surface area contributed by atoms with Crippen LogP contribution in [0.2, 0.25) is 0 Å². The molecule has 0 rings (SSSR count). The predicted molar refractivity (Wildman–Crippen MR) is 46.0 cm³/mol. The van der Waals surface area contributed by atoms with Crippen molar-refractivity contribution in [2.75, 3.05) is 20.1 Å². The van der Waals surface area contributed by atoms with Gasteiger partial charge in [-0.25, -0.2) is 0 Å². The highest BCUT2D eigenvalue weighted by molar-refractivity contribution is 5.64. The molecule has 0 saturated heterocycles. The maximum absolute atomic E-state index is 10.1. The van der Waals surface area contributed by atoms with Crippen LogP contribution >= 0.6 is 0 Å².